The topological polar surface area (TPSA) is 44.8 Å². The molecule has 0 atom stereocenters. The number of unbranched alkanes of at least 4 members (excludes halogenated alkanes) is 12. The smallest absolute Gasteiger partial charge is 0.305 e. The van der Waals surface area contributed by atoms with Crippen LogP contribution in [0.5, 0.6) is 0 Å². The number of alkyl halides is 1. The third-order valence-corrected chi connectivity index (χ3v) is 5.79. The number of rotatable bonds is 24. The van der Waals surface area contributed by atoms with Crippen molar-refractivity contribution in [1.82, 2.24) is 0 Å². The molecule has 0 amide bonds. The fourth-order valence-corrected chi connectivity index (χ4v) is 3.67. The van der Waals surface area contributed by atoms with Crippen LogP contribution < -0.4 is 0 Å². The van der Waals surface area contributed by atoms with Crippen LogP contribution in [-0.4, -0.2) is 37.4 Å². The lowest BCUT2D eigenvalue weighted by molar-refractivity contribution is -0.159. The summed E-state index contributed by atoms with van der Waals surface area (Å²) in [6.45, 7) is 6.43. The first-order chi connectivity index (χ1) is 14.7. The highest BCUT2D eigenvalue weighted by atomic mass is 79.9. The van der Waals surface area contributed by atoms with Crippen molar-refractivity contribution in [1.29, 1.82) is 0 Å². The van der Waals surface area contributed by atoms with Crippen molar-refractivity contribution in [3.8, 4) is 0 Å². The first-order valence-corrected chi connectivity index (χ1v) is 13.8. The summed E-state index contributed by atoms with van der Waals surface area (Å²) in [5.74, 6) is -0.134. The Morgan fingerprint density at radius 1 is 0.667 bits per heavy atom. The molecule has 0 rings (SSSR count). The Labute approximate surface area is 195 Å². The average molecular weight is 494 g/mol. The van der Waals surface area contributed by atoms with Crippen molar-refractivity contribution in [2.45, 2.75) is 129 Å². The lowest BCUT2D eigenvalue weighted by Crippen LogP contribution is -2.21. The minimum atomic E-state index is -0.280. The normalized spacial score (nSPS) is 11.3. The highest BCUT2D eigenvalue weighted by molar-refractivity contribution is 9.09. The number of hydrogen-bond donors (Lipinski definition) is 0. The van der Waals surface area contributed by atoms with Gasteiger partial charge in [0.15, 0.2) is 6.29 Å². The molecule has 0 spiro atoms. The van der Waals surface area contributed by atoms with Crippen molar-refractivity contribution in [2.24, 2.45) is 0 Å². The number of esters is 1. The summed E-state index contributed by atoms with van der Waals surface area (Å²) < 4.78 is 17.3. The van der Waals surface area contributed by atoms with Gasteiger partial charge in [-0.05, 0) is 32.1 Å². The molecule has 0 aromatic heterocycles. The predicted molar refractivity (Wildman–Crippen MR) is 130 cm³/mol. The molecule has 0 unspecified atom stereocenters. The summed E-state index contributed by atoms with van der Waals surface area (Å²) in [5, 5.41) is 1.01. The minimum absolute atomic E-state index is 0.134. The van der Waals surface area contributed by atoms with E-state index in [1.165, 1.54) is 64.2 Å². The summed E-state index contributed by atoms with van der Waals surface area (Å²) in [6.07, 6.45) is 18.8. The van der Waals surface area contributed by atoms with E-state index in [4.69, 9.17) is 14.2 Å². The quantitative estimate of drug-likeness (QED) is 0.0592. The van der Waals surface area contributed by atoms with E-state index < -0.39 is 0 Å². The molecule has 0 saturated carbocycles. The second-order valence-electron chi connectivity index (χ2n) is 8.22. The van der Waals surface area contributed by atoms with Gasteiger partial charge in [0.2, 0.25) is 0 Å². The van der Waals surface area contributed by atoms with Gasteiger partial charge in [-0.3, -0.25) is 4.79 Å². The molecule has 5 heteroatoms. The lowest BCUT2D eigenvalue weighted by atomic mass is 10.1. The molecule has 0 aliphatic rings. The highest BCUT2D eigenvalue weighted by Gasteiger charge is 2.13. The van der Waals surface area contributed by atoms with Gasteiger partial charge in [-0.1, -0.05) is 94.0 Å². The Balaban J connectivity index is 3.99. The van der Waals surface area contributed by atoms with Crippen LogP contribution in [0.15, 0.2) is 0 Å². The molecule has 0 fully saturated rings. The van der Waals surface area contributed by atoms with Gasteiger partial charge in [0.25, 0.3) is 0 Å². The third-order valence-electron chi connectivity index (χ3n) is 5.23. The van der Waals surface area contributed by atoms with E-state index >= 15 is 0 Å². The molecule has 0 aliphatic carbocycles. The zero-order valence-electron chi connectivity index (χ0n) is 19.9. The molecule has 0 heterocycles. The molecule has 30 heavy (non-hydrogen) atoms. The monoisotopic (exact) mass is 492 g/mol. The van der Waals surface area contributed by atoms with E-state index in [1.807, 2.05) is 0 Å². The van der Waals surface area contributed by atoms with Crippen LogP contribution in [0, 0.1) is 0 Å². The third kappa shape index (κ3) is 22.6. The van der Waals surface area contributed by atoms with E-state index in [9.17, 15) is 4.79 Å². The standard InChI is InChI=1S/C25H49BrO4/c1-3-5-7-9-11-15-22-29-25(30-23-16-12-10-8-6-4-2)19-18-24(27)28-21-17-13-14-20-26/h25H,3-23H2,1-2H3. The van der Waals surface area contributed by atoms with Crippen molar-refractivity contribution in [3.05, 3.63) is 0 Å². The Morgan fingerprint density at radius 3 is 1.67 bits per heavy atom. The van der Waals surface area contributed by atoms with Crippen LogP contribution in [0.2, 0.25) is 0 Å². The molecule has 0 radical (unpaired) electrons. The Morgan fingerprint density at radius 2 is 1.13 bits per heavy atom. The van der Waals surface area contributed by atoms with Gasteiger partial charge in [0.05, 0.1) is 13.0 Å². The molecule has 180 valence electrons. The Kier molecular flexibility index (Phi) is 25.0. The zero-order chi connectivity index (χ0) is 22.1. The molecule has 0 aromatic rings. The second kappa shape index (κ2) is 25.1. The van der Waals surface area contributed by atoms with Gasteiger partial charge in [0, 0.05) is 25.0 Å². The fourth-order valence-electron chi connectivity index (χ4n) is 3.28. The summed E-state index contributed by atoms with van der Waals surface area (Å²) in [6, 6.07) is 0. The number of hydrogen-bond acceptors (Lipinski definition) is 4. The van der Waals surface area contributed by atoms with Crippen LogP contribution in [0.1, 0.15) is 123 Å². The van der Waals surface area contributed by atoms with E-state index in [0.717, 1.165) is 50.6 Å². The van der Waals surface area contributed by atoms with Gasteiger partial charge in [0.1, 0.15) is 0 Å². The highest BCUT2D eigenvalue weighted by Crippen LogP contribution is 2.12. The summed E-state index contributed by atoms with van der Waals surface area (Å²) in [7, 11) is 0. The maximum absolute atomic E-state index is 12.0. The Bertz CT molecular complexity index is 334. The van der Waals surface area contributed by atoms with Gasteiger partial charge in [-0.25, -0.2) is 0 Å². The van der Waals surface area contributed by atoms with Crippen molar-refractivity contribution >= 4 is 21.9 Å². The van der Waals surface area contributed by atoms with Crippen molar-refractivity contribution in [3.63, 3.8) is 0 Å². The molecule has 0 N–H and O–H groups in total. The van der Waals surface area contributed by atoms with Crippen LogP contribution in [0.3, 0.4) is 0 Å². The van der Waals surface area contributed by atoms with E-state index in [-0.39, 0.29) is 12.3 Å². The molecular weight excluding hydrogens is 444 g/mol. The SMILES string of the molecule is CCCCCCCCOC(CCC(=O)OCCCCCBr)OCCCCCCCC. The largest absolute Gasteiger partial charge is 0.466 e. The fraction of sp³-hybridized carbons (Fsp3) is 0.960. The lowest BCUT2D eigenvalue weighted by Gasteiger charge is -2.18. The average Bonchev–Trinajstić information content (AvgIpc) is 2.75. The number of halogens is 1. The molecular formula is C25H49BrO4. The van der Waals surface area contributed by atoms with Crippen LogP contribution in [-0.2, 0) is 19.0 Å². The van der Waals surface area contributed by atoms with Gasteiger partial charge in [-0.15, -0.1) is 0 Å². The first kappa shape index (κ1) is 29.9. The van der Waals surface area contributed by atoms with Gasteiger partial charge < -0.3 is 14.2 Å². The summed E-state index contributed by atoms with van der Waals surface area (Å²) in [5.41, 5.74) is 0. The van der Waals surface area contributed by atoms with E-state index in [0.29, 0.717) is 19.4 Å². The Hall–Kier alpha value is -0.130. The van der Waals surface area contributed by atoms with E-state index in [2.05, 4.69) is 29.8 Å². The molecule has 0 aliphatic heterocycles. The summed E-state index contributed by atoms with van der Waals surface area (Å²) >= 11 is 3.42. The van der Waals surface area contributed by atoms with Crippen LogP contribution >= 0.6 is 15.9 Å². The molecule has 4 nitrogen and oxygen atoms in total. The molecule has 0 aromatic carbocycles. The second-order valence-corrected chi connectivity index (χ2v) is 9.01. The van der Waals surface area contributed by atoms with Crippen molar-refractivity contribution < 1.29 is 19.0 Å². The van der Waals surface area contributed by atoms with Crippen LogP contribution in [0.25, 0.3) is 0 Å². The maximum atomic E-state index is 12.0. The number of carbonyl (C=O) groups excluding carboxylic acids is 1. The minimum Gasteiger partial charge on any atom is -0.466 e. The molecule has 0 bridgehead atoms. The van der Waals surface area contributed by atoms with Crippen LogP contribution in [0.4, 0.5) is 0 Å². The number of carbonyl (C=O) groups is 1. The zero-order valence-corrected chi connectivity index (χ0v) is 21.5. The number of ether oxygens (including phenoxy) is 3. The summed E-state index contributed by atoms with van der Waals surface area (Å²) in [4.78, 5) is 12.0. The van der Waals surface area contributed by atoms with Crippen molar-refractivity contribution in [2.75, 3.05) is 25.2 Å². The maximum Gasteiger partial charge on any atom is 0.305 e. The first-order valence-electron chi connectivity index (χ1n) is 12.7. The molecule has 0 saturated heterocycles. The van der Waals surface area contributed by atoms with Gasteiger partial charge >= 0.3 is 5.97 Å². The predicted octanol–water partition coefficient (Wildman–Crippen LogP) is 7.96. The van der Waals surface area contributed by atoms with E-state index in [1.54, 1.807) is 0 Å². The van der Waals surface area contributed by atoms with Gasteiger partial charge in [-0.2, -0.15) is 0 Å².